The number of amides is 3. The maximum atomic E-state index is 12.3. The van der Waals surface area contributed by atoms with Gasteiger partial charge < -0.3 is 0 Å². The van der Waals surface area contributed by atoms with Gasteiger partial charge in [-0.3, -0.25) is 0 Å². The second-order valence-electron chi connectivity index (χ2n) is 5.67. The number of nitrogens with one attached hydrogen (secondary N) is 4. The van der Waals surface area contributed by atoms with E-state index in [0.29, 0.717) is 30.4 Å². The van der Waals surface area contributed by atoms with Crippen molar-refractivity contribution in [3.63, 3.8) is 0 Å². The van der Waals surface area contributed by atoms with Gasteiger partial charge in [-0.1, -0.05) is 0 Å². The van der Waals surface area contributed by atoms with Gasteiger partial charge >= 0.3 is 167 Å². The summed E-state index contributed by atoms with van der Waals surface area (Å²) in [7, 11) is 0. The first-order chi connectivity index (χ1) is 12.8. The monoisotopic (exact) mass is 498 g/mol. The zero-order valence-electron chi connectivity index (χ0n) is 14.7. The predicted molar refractivity (Wildman–Crippen MR) is 91.9 cm³/mol. The minimum atomic E-state index is -1.20. The SMILES string of the molecule is NC(N)=NCCC[C@@H]1NCC[I-]NC(=O)[C@H](CC(=O)O)NC(=O)CNC1=O. The van der Waals surface area contributed by atoms with E-state index in [4.69, 9.17) is 16.6 Å². The van der Waals surface area contributed by atoms with Gasteiger partial charge in [0, 0.05) is 0 Å². The van der Waals surface area contributed by atoms with Crippen molar-refractivity contribution < 1.29 is 45.8 Å². The predicted octanol–water partition coefficient (Wildman–Crippen LogP) is -6.79. The van der Waals surface area contributed by atoms with Crippen LogP contribution in [0.1, 0.15) is 19.3 Å². The Balaban J connectivity index is 2.69. The van der Waals surface area contributed by atoms with Gasteiger partial charge in [0.1, 0.15) is 0 Å². The fourth-order valence-electron chi connectivity index (χ4n) is 2.20. The average Bonchev–Trinajstić information content (AvgIpc) is 2.59. The summed E-state index contributed by atoms with van der Waals surface area (Å²) >= 11 is -0.751. The second-order valence-corrected chi connectivity index (χ2v) is 8.05. The van der Waals surface area contributed by atoms with E-state index in [1.165, 1.54) is 0 Å². The van der Waals surface area contributed by atoms with Crippen LogP contribution in [0, 0.1) is 0 Å². The summed E-state index contributed by atoms with van der Waals surface area (Å²) in [5.74, 6) is -2.75. The van der Waals surface area contributed by atoms with Crippen LogP contribution in [0.2, 0.25) is 0 Å². The van der Waals surface area contributed by atoms with Crippen LogP contribution >= 0.6 is 0 Å². The number of carboxylic acids is 1. The molecule has 0 saturated carbocycles. The molecule has 154 valence electrons. The molecule has 1 aliphatic rings. The zero-order chi connectivity index (χ0) is 20.2. The van der Waals surface area contributed by atoms with E-state index in [1.807, 2.05) is 0 Å². The molecule has 0 unspecified atom stereocenters. The number of rotatable bonds is 6. The molecule has 13 heteroatoms. The quantitative estimate of drug-likeness (QED) is 0.0468. The number of guanidine groups is 1. The minimum absolute atomic E-state index is 0.0181. The van der Waals surface area contributed by atoms with Gasteiger partial charge in [-0.25, -0.2) is 0 Å². The van der Waals surface area contributed by atoms with Crippen LogP contribution in [0.25, 0.3) is 0 Å². The molecule has 9 N–H and O–H groups in total. The van der Waals surface area contributed by atoms with Crippen molar-refractivity contribution in [3.05, 3.63) is 0 Å². The Bertz CT molecular complexity index is 582. The first-order valence-electron chi connectivity index (χ1n) is 8.25. The molecule has 0 aromatic rings. The molecule has 1 aliphatic heterocycles. The number of nitrogens with zero attached hydrogens (tertiary/aromatic N) is 1. The van der Waals surface area contributed by atoms with Gasteiger partial charge in [-0.15, -0.1) is 0 Å². The van der Waals surface area contributed by atoms with Crippen molar-refractivity contribution in [2.45, 2.75) is 31.3 Å². The van der Waals surface area contributed by atoms with E-state index in [1.54, 1.807) is 0 Å². The molecule has 0 bridgehead atoms. The topological polar surface area (TPSA) is 201 Å². The number of aliphatic carboxylic acids is 1. The fraction of sp³-hybridized carbons (Fsp3) is 0.643. The number of aliphatic imine (C=N–C) groups is 1. The Kier molecular flexibility index (Phi) is 10.4. The zero-order valence-corrected chi connectivity index (χ0v) is 16.8. The number of halogens is 1. The fourth-order valence-corrected chi connectivity index (χ4v) is 3.81. The first-order valence-corrected chi connectivity index (χ1v) is 10.9. The van der Waals surface area contributed by atoms with Crippen molar-refractivity contribution in [2.24, 2.45) is 16.5 Å². The summed E-state index contributed by atoms with van der Waals surface area (Å²) in [5, 5.41) is 16.8. The number of carboxylic acid groups (broad SMARTS) is 1. The van der Waals surface area contributed by atoms with Crippen LogP contribution in [-0.4, -0.2) is 70.9 Å². The Morgan fingerprint density at radius 3 is 2.63 bits per heavy atom. The van der Waals surface area contributed by atoms with Crippen LogP contribution in [0.5, 0.6) is 0 Å². The Morgan fingerprint density at radius 1 is 1.22 bits per heavy atom. The molecule has 27 heavy (non-hydrogen) atoms. The van der Waals surface area contributed by atoms with Gasteiger partial charge in [0.25, 0.3) is 0 Å². The van der Waals surface area contributed by atoms with Gasteiger partial charge in [0.2, 0.25) is 0 Å². The summed E-state index contributed by atoms with van der Waals surface area (Å²) in [6.07, 6.45) is 0.513. The van der Waals surface area contributed by atoms with Crippen molar-refractivity contribution in [1.82, 2.24) is 19.5 Å². The third-order valence-electron chi connectivity index (χ3n) is 3.46. The summed E-state index contributed by atoms with van der Waals surface area (Å²) < 4.78 is 3.32. The molecular formula is C14H25IN7O5-. The summed E-state index contributed by atoms with van der Waals surface area (Å²) in [5.41, 5.74) is 10.5. The molecule has 1 saturated heterocycles. The van der Waals surface area contributed by atoms with E-state index in [0.717, 1.165) is 0 Å². The van der Waals surface area contributed by atoms with Gasteiger partial charge in [0.05, 0.1) is 0 Å². The second kappa shape index (κ2) is 12.3. The third-order valence-corrected chi connectivity index (χ3v) is 5.45. The number of carbonyl (C=O) groups is 4. The number of carbonyl (C=O) groups excluding carboxylic acids is 3. The van der Waals surface area contributed by atoms with E-state index in [9.17, 15) is 19.2 Å². The first kappa shape index (κ1) is 22.9. The molecule has 0 spiro atoms. The standard InChI is InChI=1S/C14H25IN7O5/c16-14(17)19-4-1-2-8-12(26)20-7-10(23)21-9(6-11(24)25)13(27)22-15-3-5-18-8/h8-9,18H,1-7H2,(H,20,26)(H,21,23)(H,22,27)(H,24,25)(H4,16,17,19)/q-1/t8-,9-/m0/s1. The average molecular weight is 498 g/mol. The molecule has 1 fully saturated rings. The number of hydrogen-bond acceptors (Lipinski definition) is 6. The molecule has 12 nitrogen and oxygen atoms in total. The van der Waals surface area contributed by atoms with Crippen LogP contribution in [0.4, 0.5) is 0 Å². The van der Waals surface area contributed by atoms with E-state index in [2.05, 4.69) is 24.5 Å². The molecule has 1 rings (SSSR count). The van der Waals surface area contributed by atoms with Gasteiger partial charge in [-0.2, -0.15) is 0 Å². The van der Waals surface area contributed by atoms with Crippen LogP contribution in [0.3, 0.4) is 0 Å². The molecular weight excluding hydrogens is 473 g/mol. The van der Waals surface area contributed by atoms with E-state index < -0.39 is 57.8 Å². The summed E-state index contributed by atoms with van der Waals surface area (Å²) in [4.78, 5) is 51.1. The number of hydrogen-bond donors (Lipinski definition) is 7. The van der Waals surface area contributed by atoms with Gasteiger partial charge in [-0.05, 0) is 0 Å². The molecule has 0 aromatic heterocycles. The van der Waals surface area contributed by atoms with Gasteiger partial charge in [0.15, 0.2) is 0 Å². The molecule has 3 amide bonds. The van der Waals surface area contributed by atoms with Crippen molar-refractivity contribution in [1.29, 1.82) is 0 Å². The van der Waals surface area contributed by atoms with Crippen LogP contribution in [-0.2, 0) is 19.2 Å². The van der Waals surface area contributed by atoms with Crippen LogP contribution in [0.15, 0.2) is 4.99 Å². The normalized spacial score (nSPS) is 22.4. The summed E-state index contributed by atoms with van der Waals surface area (Å²) in [6.45, 7) is 0.524. The van der Waals surface area contributed by atoms with Crippen molar-refractivity contribution in [2.75, 3.05) is 24.1 Å². The maximum absolute atomic E-state index is 12.3. The molecule has 0 radical (unpaired) electrons. The van der Waals surface area contributed by atoms with Crippen LogP contribution < -0.4 is 52.4 Å². The number of nitrogens with two attached hydrogens (primary N) is 2. The summed E-state index contributed by atoms with van der Waals surface area (Å²) in [6, 6.07) is -1.70. The Labute approximate surface area is 166 Å². The molecule has 2 atom stereocenters. The van der Waals surface area contributed by atoms with Crippen molar-refractivity contribution in [3.8, 4) is 0 Å². The Morgan fingerprint density at radius 2 is 1.96 bits per heavy atom. The molecule has 0 aromatic carbocycles. The third kappa shape index (κ3) is 9.93. The number of alkyl halides is 1. The van der Waals surface area contributed by atoms with Crippen molar-refractivity contribution >= 4 is 29.7 Å². The molecule has 1 heterocycles. The Hall–Kier alpha value is -2.16. The molecule has 0 aliphatic carbocycles. The van der Waals surface area contributed by atoms with E-state index in [-0.39, 0.29) is 18.4 Å². The van der Waals surface area contributed by atoms with E-state index >= 15 is 0 Å².